The molecule has 3 heteroatoms. The number of hydrogen-bond donors (Lipinski definition) is 0. The van der Waals surface area contributed by atoms with Crippen LogP contribution in [0.3, 0.4) is 0 Å². The maximum Gasteiger partial charge on any atom is 0.120 e. The molecular formula is C14H15BrO2. The fourth-order valence-corrected chi connectivity index (χ4v) is 2.09. The van der Waals surface area contributed by atoms with Gasteiger partial charge in [-0.25, -0.2) is 0 Å². The molecule has 0 radical (unpaired) electrons. The number of rotatable bonds is 1. The highest BCUT2D eigenvalue weighted by molar-refractivity contribution is 9.10. The third-order valence-corrected chi connectivity index (χ3v) is 3.41. The summed E-state index contributed by atoms with van der Waals surface area (Å²) in [5.41, 5.74) is 0.943. The molecule has 1 atom stereocenters. The van der Waals surface area contributed by atoms with Gasteiger partial charge in [-0.3, -0.25) is 0 Å². The molecule has 1 aliphatic heterocycles. The Hall–Kier alpha value is -0.980. The van der Waals surface area contributed by atoms with E-state index in [0.29, 0.717) is 0 Å². The van der Waals surface area contributed by atoms with E-state index in [1.165, 1.54) is 6.42 Å². The first-order chi connectivity index (χ1) is 8.29. The predicted octanol–water partition coefficient (Wildman–Crippen LogP) is 3.38. The standard InChI is InChI=1S/C14H15BrO2/c1-16-13-7-8-14(15)11(10-13)5-6-12-4-2-3-9-17-12/h7-8,10,12H,2-4,9H2,1H3. The number of hydrogen-bond acceptors (Lipinski definition) is 2. The predicted molar refractivity (Wildman–Crippen MR) is 71.2 cm³/mol. The van der Waals surface area contributed by atoms with Crippen LogP contribution < -0.4 is 4.74 Å². The van der Waals surface area contributed by atoms with Gasteiger partial charge in [-0.05, 0) is 53.4 Å². The topological polar surface area (TPSA) is 18.5 Å². The first kappa shape index (κ1) is 12.5. The van der Waals surface area contributed by atoms with E-state index in [1.807, 2.05) is 18.2 Å². The highest BCUT2D eigenvalue weighted by atomic mass is 79.9. The molecule has 1 heterocycles. The van der Waals surface area contributed by atoms with E-state index < -0.39 is 0 Å². The van der Waals surface area contributed by atoms with Crippen molar-refractivity contribution in [3.63, 3.8) is 0 Å². The molecule has 1 fully saturated rings. The maximum atomic E-state index is 5.58. The van der Waals surface area contributed by atoms with Gasteiger partial charge in [-0.1, -0.05) is 11.8 Å². The summed E-state index contributed by atoms with van der Waals surface area (Å²) in [6, 6.07) is 5.79. The van der Waals surface area contributed by atoms with Crippen LogP contribution in [0.1, 0.15) is 24.8 Å². The van der Waals surface area contributed by atoms with Crippen LogP contribution in [0.2, 0.25) is 0 Å². The van der Waals surface area contributed by atoms with Gasteiger partial charge >= 0.3 is 0 Å². The summed E-state index contributed by atoms with van der Waals surface area (Å²) in [7, 11) is 1.66. The van der Waals surface area contributed by atoms with Crippen LogP contribution in [0, 0.1) is 11.8 Å². The Kier molecular flexibility index (Phi) is 4.47. The van der Waals surface area contributed by atoms with E-state index in [0.717, 1.165) is 35.2 Å². The van der Waals surface area contributed by atoms with Crippen LogP contribution in [-0.2, 0) is 4.74 Å². The van der Waals surface area contributed by atoms with Crippen LogP contribution in [0.15, 0.2) is 22.7 Å². The molecule has 1 aromatic carbocycles. The third-order valence-electron chi connectivity index (χ3n) is 2.72. The van der Waals surface area contributed by atoms with Crippen molar-refractivity contribution in [1.29, 1.82) is 0 Å². The Morgan fingerprint density at radius 2 is 2.29 bits per heavy atom. The lowest BCUT2D eigenvalue weighted by Gasteiger charge is -2.17. The molecule has 2 rings (SSSR count). The van der Waals surface area contributed by atoms with E-state index >= 15 is 0 Å². The van der Waals surface area contributed by atoms with E-state index in [2.05, 4.69) is 27.8 Å². The average Bonchev–Trinajstić information content (AvgIpc) is 2.39. The first-order valence-corrected chi connectivity index (χ1v) is 6.55. The van der Waals surface area contributed by atoms with E-state index in [9.17, 15) is 0 Å². The smallest absolute Gasteiger partial charge is 0.120 e. The summed E-state index contributed by atoms with van der Waals surface area (Å²) < 4.78 is 11.7. The van der Waals surface area contributed by atoms with Crippen molar-refractivity contribution in [3.8, 4) is 17.6 Å². The Balaban J connectivity index is 2.14. The van der Waals surface area contributed by atoms with Gasteiger partial charge in [0.25, 0.3) is 0 Å². The molecule has 0 spiro atoms. The molecule has 1 aliphatic rings. The summed E-state index contributed by atoms with van der Waals surface area (Å²) in [5, 5.41) is 0. The van der Waals surface area contributed by atoms with Crippen molar-refractivity contribution in [2.75, 3.05) is 13.7 Å². The van der Waals surface area contributed by atoms with Gasteiger partial charge < -0.3 is 9.47 Å². The first-order valence-electron chi connectivity index (χ1n) is 5.76. The second kappa shape index (κ2) is 6.09. The lowest BCUT2D eigenvalue weighted by atomic mass is 10.1. The molecule has 0 N–H and O–H groups in total. The van der Waals surface area contributed by atoms with Crippen molar-refractivity contribution in [3.05, 3.63) is 28.2 Å². The fraction of sp³-hybridized carbons (Fsp3) is 0.429. The number of methoxy groups -OCH3 is 1. The largest absolute Gasteiger partial charge is 0.497 e. The lowest BCUT2D eigenvalue weighted by molar-refractivity contribution is 0.0526. The van der Waals surface area contributed by atoms with Gasteiger partial charge in [0, 0.05) is 16.6 Å². The van der Waals surface area contributed by atoms with Crippen LogP contribution in [-0.4, -0.2) is 19.8 Å². The molecule has 1 aromatic rings. The number of ether oxygens (including phenoxy) is 2. The molecular weight excluding hydrogens is 280 g/mol. The van der Waals surface area contributed by atoms with Gasteiger partial charge in [-0.2, -0.15) is 0 Å². The van der Waals surface area contributed by atoms with Crippen LogP contribution in [0.25, 0.3) is 0 Å². The fourth-order valence-electron chi connectivity index (χ4n) is 1.74. The molecule has 90 valence electrons. The van der Waals surface area contributed by atoms with Crippen LogP contribution >= 0.6 is 15.9 Å². The second-order valence-corrected chi connectivity index (χ2v) is 4.82. The third kappa shape index (κ3) is 3.49. The Morgan fingerprint density at radius 3 is 3.00 bits per heavy atom. The zero-order chi connectivity index (χ0) is 12.1. The highest BCUT2D eigenvalue weighted by Crippen LogP contribution is 2.21. The zero-order valence-electron chi connectivity index (χ0n) is 9.83. The molecule has 1 saturated heterocycles. The molecule has 17 heavy (non-hydrogen) atoms. The molecule has 0 aliphatic carbocycles. The minimum Gasteiger partial charge on any atom is -0.497 e. The van der Waals surface area contributed by atoms with Gasteiger partial charge in [0.2, 0.25) is 0 Å². The number of benzene rings is 1. The molecule has 2 nitrogen and oxygen atoms in total. The van der Waals surface area contributed by atoms with Crippen molar-refractivity contribution in [1.82, 2.24) is 0 Å². The van der Waals surface area contributed by atoms with Gasteiger partial charge in [-0.15, -0.1) is 0 Å². The maximum absolute atomic E-state index is 5.58. The average molecular weight is 295 g/mol. The van der Waals surface area contributed by atoms with Crippen molar-refractivity contribution >= 4 is 15.9 Å². The van der Waals surface area contributed by atoms with Crippen molar-refractivity contribution in [2.45, 2.75) is 25.4 Å². The Labute approximate surface area is 110 Å². The van der Waals surface area contributed by atoms with Crippen molar-refractivity contribution in [2.24, 2.45) is 0 Å². The summed E-state index contributed by atoms with van der Waals surface area (Å²) in [4.78, 5) is 0. The SMILES string of the molecule is COc1ccc(Br)c(C#CC2CCCCO2)c1. The summed E-state index contributed by atoms with van der Waals surface area (Å²) >= 11 is 3.49. The zero-order valence-corrected chi connectivity index (χ0v) is 11.4. The minimum absolute atomic E-state index is 0.0850. The molecule has 0 bridgehead atoms. The summed E-state index contributed by atoms with van der Waals surface area (Å²) in [5.74, 6) is 7.15. The quantitative estimate of drug-likeness (QED) is 0.739. The van der Waals surface area contributed by atoms with Gasteiger partial charge in [0.15, 0.2) is 0 Å². The van der Waals surface area contributed by atoms with Crippen molar-refractivity contribution < 1.29 is 9.47 Å². The van der Waals surface area contributed by atoms with E-state index in [1.54, 1.807) is 7.11 Å². The highest BCUT2D eigenvalue weighted by Gasteiger charge is 2.10. The van der Waals surface area contributed by atoms with E-state index in [-0.39, 0.29) is 6.10 Å². The second-order valence-electron chi connectivity index (χ2n) is 3.97. The Morgan fingerprint density at radius 1 is 1.41 bits per heavy atom. The molecule has 1 unspecified atom stereocenters. The molecule has 0 aromatic heterocycles. The van der Waals surface area contributed by atoms with E-state index in [4.69, 9.17) is 9.47 Å². The van der Waals surface area contributed by atoms with Gasteiger partial charge in [0.05, 0.1) is 7.11 Å². The van der Waals surface area contributed by atoms with Gasteiger partial charge in [0.1, 0.15) is 11.9 Å². The molecule has 0 saturated carbocycles. The summed E-state index contributed by atoms with van der Waals surface area (Å²) in [6.45, 7) is 0.832. The van der Waals surface area contributed by atoms with Crippen LogP contribution in [0.4, 0.5) is 0 Å². The Bertz CT molecular complexity index is 439. The molecule has 0 amide bonds. The lowest BCUT2D eigenvalue weighted by Crippen LogP contribution is -2.16. The minimum atomic E-state index is 0.0850. The van der Waals surface area contributed by atoms with Crippen LogP contribution in [0.5, 0.6) is 5.75 Å². The number of halogens is 1. The summed E-state index contributed by atoms with van der Waals surface area (Å²) in [6.07, 6.45) is 3.48. The normalized spacial score (nSPS) is 19.3. The monoisotopic (exact) mass is 294 g/mol.